The van der Waals surface area contributed by atoms with E-state index in [0.29, 0.717) is 5.92 Å². The first-order chi connectivity index (χ1) is 7.43. The van der Waals surface area contributed by atoms with Crippen LogP contribution in [0.4, 0.5) is 0 Å². The first-order valence-electron chi connectivity index (χ1n) is 5.94. The second kappa shape index (κ2) is 4.37. The number of hydrogen-bond acceptors (Lipinski definition) is 3. The molecule has 0 aromatic carbocycles. The van der Waals surface area contributed by atoms with Gasteiger partial charge < -0.3 is 4.84 Å². The molecule has 2 aliphatic rings. The van der Waals surface area contributed by atoms with Gasteiger partial charge in [0.25, 0.3) is 0 Å². The van der Waals surface area contributed by atoms with Crippen molar-refractivity contribution in [3.05, 3.63) is 0 Å². The van der Waals surface area contributed by atoms with Gasteiger partial charge in [-0.1, -0.05) is 0 Å². The van der Waals surface area contributed by atoms with Gasteiger partial charge in [-0.25, -0.2) is 14.8 Å². The molecule has 0 saturated heterocycles. The molecule has 0 heterocycles. The molecule has 0 amide bonds. The van der Waals surface area contributed by atoms with Crippen LogP contribution in [0.25, 0.3) is 0 Å². The van der Waals surface area contributed by atoms with Gasteiger partial charge in [0.1, 0.15) is 0 Å². The standard InChI is InChI=1S/C11H22N2O2S/c1-11(2,3)16(14)13-6-10-8-4-7(15-12)5-9(8)10/h7-10,13H,4-6,12H2,1-3H3/t7?,8-,9+,10?,16?. The maximum absolute atomic E-state index is 11.8. The summed E-state index contributed by atoms with van der Waals surface area (Å²) < 4.78 is 14.8. The van der Waals surface area contributed by atoms with Crippen LogP contribution in [0.2, 0.25) is 0 Å². The van der Waals surface area contributed by atoms with Crippen molar-refractivity contribution in [2.45, 2.75) is 44.5 Å². The number of hydrogen-bond donors (Lipinski definition) is 2. The molecular weight excluding hydrogens is 224 g/mol. The number of nitrogens with two attached hydrogens (primary N) is 1. The summed E-state index contributed by atoms with van der Waals surface area (Å²) in [7, 11) is -0.942. The fourth-order valence-corrected chi connectivity index (χ4v) is 3.51. The summed E-state index contributed by atoms with van der Waals surface area (Å²) in [6.07, 6.45) is 2.42. The Labute approximate surface area is 99.8 Å². The van der Waals surface area contributed by atoms with E-state index in [0.717, 1.165) is 31.2 Å². The predicted molar refractivity (Wildman–Crippen MR) is 64.7 cm³/mol. The average molecular weight is 246 g/mol. The first-order valence-corrected chi connectivity index (χ1v) is 7.09. The number of nitrogens with one attached hydrogen (secondary N) is 1. The highest BCUT2D eigenvalue weighted by Crippen LogP contribution is 2.57. The van der Waals surface area contributed by atoms with Gasteiger partial charge in [0, 0.05) is 6.54 Å². The van der Waals surface area contributed by atoms with Gasteiger partial charge in [-0.3, -0.25) is 0 Å². The van der Waals surface area contributed by atoms with Crippen LogP contribution < -0.4 is 10.6 Å². The maximum Gasteiger partial charge on any atom is 0.0970 e. The molecule has 2 saturated carbocycles. The molecule has 94 valence electrons. The predicted octanol–water partition coefficient (Wildman–Crippen LogP) is 0.953. The van der Waals surface area contributed by atoms with Crippen LogP contribution in [0, 0.1) is 17.8 Å². The summed E-state index contributed by atoms with van der Waals surface area (Å²) in [4.78, 5) is 4.86. The van der Waals surface area contributed by atoms with Crippen LogP contribution in [-0.2, 0) is 15.8 Å². The van der Waals surface area contributed by atoms with Gasteiger partial charge in [-0.15, -0.1) is 0 Å². The molecule has 0 spiro atoms. The summed E-state index contributed by atoms with van der Waals surface area (Å²) in [6, 6.07) is 0. The van der Waals surface area contributed by atoms with E-state index in [1.807, 2.05) is 20.8 Å². The molecule has 2 aliphatic carbocycles. The SMILES string of the molecule is CC(C)(C)S(=O)NCC1[C@H]2CC(ON)C[C@@H]12. The minimum absolute atomic E-state index is 0.174. The van der Waals surface area contributed by atoms with E-state index in [9.17, 15) is 4.21 Å². The maximum atomic E-state index is 11.8. The van der Waals surface area contributed by atoms with Gasteiger partial charge in [0.05, 0.1) is 21.8 Å². The molecule has 3 unspecified atom stereocenters. The smallest absolute Gasteiger partial charge is 0.0970 e. The summed E-state index contributed by atoms with van der Waals surface area (Å²) >= 11 is 0. The Hall–Kier alpha value is 0.0300. The van der Waals surface area contributed by atoms with E-state index < -0.39 is 11.0 Å². The fourth-order valence-electron chi connectivity index (χ4n) is 2.73. The molecule has 0 radical (unpaired) electrons. The van der Waals surface area contributed by atoms with Crippen LogP contribution in [0.15, 0.2) is 0 Å². The molecule has 4 nitrogen and oxygen atoms in total. The van der Waals surface area contributed by atoms with Crippen LogP contribution in [0.5, 0.6) is 0 Å². The molecule has 0 aromatic rings. The fraction of sp³-hybridized carbons (Fsp3) is 1.00. The number of fused-ring (bicyclic) bond motifs is 1. The summed E-state index contributed by atoms with van der Waals surface area (Å²) in [6.45, 7) is 6.84. The summed E-state index contributed by atoms with van der Waals surface area (Å²) in [5.41, 5.74) is 0. The Bertz CT molecular complexity index is 278. The van der Waals surface area contributed by atoms with Crippen molar-refractivity contribution in [1.29, 1.82) is 0 Å². The minimum atomic E-state index is -0.942. The van der Waals surface area contributed by atoms with Gasteiger partial charge in [-0.05, 0) is 51.4 Å². The third kappa shape index (κ3) is 2.47. The Morgan fingerprint density at radius 2 is 1.94 bits per heavy atom. The van der Waals surface area contributed by atoms with E-state index in [1.165, 1.54) is 0 Å². The zero-order chi connectivity index (χ0) is 11.9. The second-order valence-electron chi connectivity index (χ2n) is 5.95. The summed E-state index contributed by atoms with van der Waals surface area (Å²) in [5.74, 6) is 7.37. The lowest BCUT2D eigenvalue weighted by Crippen LogP contribution is -2.35. The van der Waals surface area contributed by atoms with E-state index in [4.69, 9.17) is 10.7 Å². The normalized spacial score (nSPS) is 39.5. The lowest BCUT2D eigenvalue weighted by atomic mass is 10.1. The zero-order valence-electron chi connectivity index (χ0n) is 10.2. The third-order valence-corrected chi connectivity index (χ3v) is 5.32. The van der Waals surface area contributed by atoms with Gasteiger partial charge in [-0.2, -0.15) is 0 Å². The van der Waals surface area contributed by atoms with Crippen LogP contribution in [-0.4, -0.2) is 21.6 Å². The number of rotatable bonds is 4. The Morgan fingerprint density at radius 1 is 1.38 bits per heavy atom. The minimum Gasteiger partial charge on any atom is -0.301 e. The third-order valence-electron chi connectivity index (χ3n) is 3.78. The van der Waals surface area contributed by atoms with Gasteiger partial charge in [0.2, 0.25) is 0 Å². The van der Waals surface area contributed by atoms with Crippen molar-refractivity contribution in [3.63, 3.8) is 0 Å². The quantitative estimate of drug-likeness (QED) is 0.726. The molecular formula is C11H22N2O2S. The molecule has 0 aromatic heterocycles. The Kier molecular flexibility index (Phi) is 3.41. The lowest BCUT2D eigenvalue weighted by Gasteiger charge is -2.19. The molecule has 2 rings (SSSR count). The lowest BCUT2D eigenvalue weighted by molar-refractivity contribution is 0.0466. The van der Waals surface area contributed by atoms with Gasteiger partial charge in [0.15, 0.2) is 0 Å². The van der Waals surface area contributed by atoms with E-state index in [-0.39, 0.29) is 10.9 Å². The van der Waals surface area contributed by atoms with E-state index in [1.54, 1.807) is 0 Å². The Balaban J connectivity index is 1.70. The molecule has 3 N–H and O–H groups in total. The molecule has 16 heavy (non-hydrogen) atoms. The molecule has 5 atom stereocenters. The highest BCUT2D eigenvalue weighted by molar-refractivity contribution is 7.84. The molecule has 0 aliphatic heterocycles. The van der Waals surface area contributed by atoms with Crippen LogP contribution >= 0.6 is 0 Å². The van der Waals surface area contributed by atoms with Crippen LogP contribution in [0.1, 0.15) is 33.6 Å². The van der Waals surface area contributed by atoms with E-state index in [2.05, 4.69) is 4.72 Å². The zero-order valence-corrected chi connectivity index (χ0v) is 11.0. The van der Waals surface area contributed by atoms with Crippen molar-refractivity contribution in [3.8, 4) is 0 Å². The van der Waals surface area contributed by atoms with Crippen molar-refractivity contribution in [1.82, 2.24) is 4.72 Å². The molecule has 5 heteroatoms. The van der Waals surface area contributed by atoms with Gasteiger partial charge >= 0.3 is 0 Å². The van der Waals surface area contributed by atoms with Crippen molar-refractivity contribution < 1.29 is 9.05 Å². The Morgan fingerprint density at radius 3 is 2.38 bits per heavy atom. The average Bonchev–Trinajstić information content (AvgIpc) is 2.67. The van der Waals surface area contributed by atoms with Crippen molar-refractivity contribution >= 4 is 11.0 Å². The van der Waals surface area contributed by atoms with Crippen LogP contribution in [0.3, 0.4) is 0 Å². The largest absolute Gasteiger partial charge is 0.301 e. The van der Waals surface area contributed by atoms with E-state index >= 15 is 0 Å². The summed E-state index contributed by atoms with van der Waals surface area (Å²) in [5, 5.41) is 0. The molecule has 0 bridgehead atoms. The van der Waals surface area contributed by atoms with Crippen molar-refractivity contribution in [2.24, 2.45) is 23.7 Å². The topological polar surface area (TPSA) is 64.3 Å². The first kappa shape index (κ1) is 12.5. The second-order valence-corrected chi connectivity index (χ2v) is 8.00. The monoisotopic (exact) mass is 246 g/mol. The molecule has 2 fully saturated rings. The van der Waals surface area contributed by atoms with Crippen molar-refractivity contribution in [2.75, 3.05) is 6.54 Å². The highest BCUT2D eigenvalue weighted by atomic mass is 32.2. The highest BCUT2D eigenvalue weighted by Gasteiger charge is 2.56.